The Balaban J connectivity index is 1.50. The monoisotopic (exact) mass is 381 g/mol. The van der Waals surface area contributed by atoms with E-state index in [1.807, 2.05) is 30.0 Å². The second kappa shape index (κ2) is 8.12. The molecule has 1 unspecified atom stereocenters. The van der Waals surface area contributed by atoms with E-state index in [9.17, 15) is 9.50 Å². The third kappa shape index (κ3) is 3.93. The fraction of sp³-hybridized carbons (Fsp3) is 0.318. The number of hydrogen-bond acceptors (Lipinski definition) is 5. The number of aliphatic hydroxyl groups is 1. The van der Waals surface area contributed by atoms with Crippen LogP contribution in [0.1, 0.15) is 28.9 Å². The summed E-state index contributed by atoms with van der Waals surface area (Å²) in [6.45, 7) is 5.65. The van der Waals surface area contributed by atoms with Gasteiger partial charge in [-0.3, -0.25) is 9.88 Å². The van der Waals surface area contributed by atoms with E-state index in [0.717, 1.165) is 31.2 Å². The lowest BCUT2D eigenvalue weighted by molar-refractivity contribution is 0.212. The Morgan fingerprint density at radius 3 is 2.57 bits per heavy atom. The second-order valence-electron chi connectivity index (χ2n) is 7.11. The first-order valence-corrected chi connectivity index (χ1v) is 9.52. The molecule has 0 amide bonds. The number of hydrogen-bond donors (Lipinski definition) is 1. The van der Waals surface area contributed by atoms with Crippen LogP contribution in [-0.2, 0) is 6.54 Å². The van der Waals surface area contributed by atoms with E-state index in [1.165, 1.54) is 6.07 Å². The summed E-state index contributed by atoms with van der Waals surface area (Å²) in [6.07, 6.45) is 0.670. The predicted octanol–water partition coefficient (Wildman–Crippen LogP) is 3.53. The van der Waals surface area contributed by atoms with Crippen LogP contribution in [0, 0.1) is 12.7 Å². The number of aryl methyl sites for hydroxylation is 1. The van der Waals surface area contributed by atoms with Crippen molar-refractivity contribution in [1.29, 1.82) is 0 Å². The van der Waals surface area contributed by atoms with E-state index in [2.05, 4.69) is 9.88 Å². The number of halogens is 1. The van der Waals surface area contributed by atoms with Crippen molar-refractivity contribution in [1.82, 2.24) is 9.88 Å². The van der Waals surface area contributed by atoms with E-state index in [1.54, 1.807) is 30.5 Å². The summed E-state index contributed by atoms with van der Waals surface area (Å²) >= 11 is 0. The largest absolute Gasteiger partial charge is 0.465 e. The molecule has 1 aromatic carbocycles. The van der Waals surface area contributed by atoms with Gasteiger partial charge >= 0.3 is 0 Å². The minimum atomic E-state index is -0.962. The van der Waals surface area contributed by atoms with Gasteiger partial charge in [0.2, 0.25) is 0 Å². The minimum Gasteiger partial charge on any atom is -0.465 e. The SMILES string of the molecule is Cc1ccc(CN2CCN(c3c(F)cccc3C(O)c3ccccn3)CC2)o1. The molecular weight excluding hydrogens is 357 g/mol. The molecule has 1 atom stereocenters. The lowest BCUT2D eigenvalue weighted by atomic mass is 10.0. The van der Waals surface area contributed by atoms with E-state index in [4.69, 9.17) is 4.42 Å². The fourth-order valence-corrected chi connectivity index (χ4v) is 3.70. The van der Waals surface area contributed by atoms with Crippen LogP contribution in [0.2, 0.25) is 0 Å². The summed E-state index contributed by atoms with van der Waals surface area (Å²) in [6, 6.07) is 14.2. The van der Waals surface area contributed by atoms with Gasteiger partial charge < -0.3 is 14.4 Å². The van der Waals surface area contributed by atoms with Gasteiger partial charge in [0.05, 0.1) is 17.9 Å². The number of anilines is 1. The molecule has 0 radical (unpaired) electrons. The summed E-state index contributed by atoms with van der Waals surface area (Å²) in [5.41, 5.74) is 1.53. The Hall–Kier alpha value is -2.70. The Labute approximate surface area is 164 Å². The first kappa shape index (κ1) is 18.7. The van der Waals surface area contributed by atoms with Crippen molar-refractivity contribution >= 4 is 5.69 Å². The maximum Gasteiger partial charge on any atom is 0.146 e. The van der Waals surface area contributed by atoms with E-state index in [0.29, 0.717) is 30.0 Å². The Bertz CT molecular complexity index is 921. The molecule has 3 aromatic rings. The number of rotatable bonds is 5. The van der Waals surface area contributed by atoms with Crippen LogP contribution in [0.15, 0.2) is 59.1 Å². The van der Waals surface area contributed by atoms with E-state index in [-0.39, 0.29) is 5.82 Å². The molecule has 0 saturated carbocycles. The molecule has 3 heterocycles. The van der Waals surface area contributed by atoms with Crippen molar-refractivity contribution in [2.24, 2.45) is 0 Å². The molecule has 6 heteroatoms. The highest BCUT2D eigenvalue weighted by atomic mass is 19.1. The summed E-state index contributed by atoms with van der Waals surface area (Å²) in [7, 11) is 0. The van der Waals surface area contributed by atoms with Crippen LogP contribution in [0.5, 0.6) is 0 Å². The van der Waals surface area contributed by atoms with Gasteiger partial charge in [0.25, 0.3) is 0 Å². The van der Waals surface area contributed by atoms with Crippen LogP contribution in [0.4, 0.5) is 10.1 Å². The van der Waals surface area contributed by atoms with Crippen molar-refractivity contribution in [3.8, 4) is 0 Å². The first-order valence-electron chi connectivity index (χ1n) is 9.52. The Morgan fingerprint density at radius 2 is 1.89 bits per heavy atom. The van der Waals surface area contributed by atoms with Crippen LogP contribution >= 0.6 is 0 Å². The maximum absolute atomic E-state index is 14.8. The normalized spacial score (nSPS) is 16.3. The minimum absolute atomic E-state index is 0.317. The zero-order valence-corrected chi connectivity index (χ0v) is 15.9. The smallest absolute Gasteiger partial charge is 0.146 e. The van der Waals surface area contributed by atoms with Gasteiger partial charge in [0.1, 0.15) is 23.4 Å². The molecule has 1 N–H and O–H groups in total. The first-order chi connectivity index (χ1) is 13.6. The van der Waals surface area contributed by atoms with Crippen LogP contribution in [-0.4, -0.2) is 41.2 Å². The summed E-state index contributed by atoms with van der Waals surface area (Å²) in [5.74, 6) is 1.54. The van der Waals surface area contributed by atoms with Gasteiger partial charge in [-0.05, 0) is 37.3 Å². The van der Waals surface area contributed by atoms with Gasteiger partial charge in [-0.15, -0.1) is 0 Å². The lowest BCUT2D eigenvalue weighted by Crippen LogP contribution is -2.46. The number of piperazine rings is 1. The third-order valence-corrected chi connectivity index (χ3v) is 5.14. The molecule has 146 valence electrons. The van der Waals surface area contributed by atoms with E-state index < -0.39 is 6.10 Å². The topological polar surface area (TPSA) is 52.7 Å². The number of pyridine rings is 1. The molecule has 1 aliphatic heterocycles. The molecule has 0 spiro atoms. The quantitative estimate of drug-likeness (QED) is 0.733. The number of nitrogens with zero attached hydrogens (tertiary/aromatic N) is 3. The lowest BCUT2D eigenvalue weighted by Gasteiger charge is -2.37. The van der Waals surface area contributed by atoms with Crippen LogP contribution in [0.25, 0.3) is 0 Å². The van der Waals surface area contributed by atoms with Gasteiger partial charge in [0, 0.05) is 37.9 Å². The number of benzene rings is 1. The predicted molar refractivity (Wildman–Crippen MR) is 106 cm³/mol. The molecule has 28 heavy (non-hydrogen) atoms. The maximum atomic E-state index is 14.8. The second-order valence-corrected chi connectivity index (χ2v) is 7.11. The zero-order chi connectivity index (χ0) is 19.5. The van der Waals surface area contributed by atoms with Crippen LogP contribution < -0.4 is 4.90 Å². The average Bonchev–Trinajstić information content (AvgIpc) is 3.13. The van der Waals surface area contributed by atoms with Gasteiger partial charge in [-0.2, -0.15) is 0 Å². The number of furan rings is 1. The highest BCUT2D eigenvalue weighted by Gasteiger charge is 2.26. The van der Waals surface area contributed by atoms with Crippen molar-refractivity contribution in [2.75, 3.05) is 31.1 Å². The molecule has 0 aliphatic carbocycles. The summed E-state index contributed by atoms with van der Waals surface area (Å²) < 4.78 is 20.4. The third-order valence-electron chi connectivity index (χ3n) is 5.14. The molecule has 1 aliphatic rings. The highest BCUT2D eigenvalue weighted by Crippen LogP contribution is 2.33. The number of aromatic nitrogens is 1. The van der Waals surface area contributed by atoms with Crippen molar-refractivity contribution in [2.45, 2.75) is 19.6 Å². The highest BCUT2D eigenvalue weighted by molar-refractivity contribution is 5.57. The number of para-hydroxylation sites is 1. The van der Waals surface area contributed by atoms with Crippen molar-refractivity contribution in [3.63, 3.8) is 0 Å². The van der Waals surface area contributed by atoms with Crippen molar-refractivity contribution < 1.29 is 13.9 Å². The molecule has 0 bridgehead atoms. The molecule has 1 fully saturated rings. The Kier molecular flexibility index (Phi) is 5.41. The Morgan fingerprint density at radius 1 is 1.07 bits per heavy atom. The van der Waals surface area contributed by atoms with Gasteiger partial charge in [-0.1, -0.05) is 18.2 Å². The molecule has 1 saturated heterocycles. The molecule has 4 rings (SSSR count). The van der Waals surface area contributed by atoms with Crippen molar-refractivity contribution in [3.05, 3.63) is 83.3 Å². The number of aliphatic hydroxyl groups excluding tert-OH is 1. The zero-order valence-electron chi connectivity index (χ0n) is 15.9. The molecule has 2 aromatic heterocycles. The fourth-order valence-electron chi connectivity index (χ4n) is 3.70. The van der Waals surface area contributed by atoms with E-state index >= 15 is 0 Å². The average molecular weight is 381 g/mol. The summed E-state index contributed by atoms with van der Waals surface area (Å²) in [5, 5.41) is 10.8. The van der Waals surface area contributed by atoms with Gasteiger partial charge in [0.15, 0.2) is 0 Å². The summed E-state index contributed by atoms with van der Waals surface area (Å²) in [4.78, 5) is 8.53. The van der Waals surface area contributed by atoms with Crippen LogP contribution in [0.3, 0.4) is 0 Å². The molecule has 5 nitrogen and oxygen atoms in total. The molecular formula is C22H24FN3O2. The van der Waals surface area contributed by atoms with Gasteiger partial charge in [-0.25, -0.2) is 4.39 Å². The standard InChI is InChI=1S/C22H24FN3O2/c1-16-8-9-17(28-16)15-25-11-13-26(14-12-25)21-18(5-4-6-19(21)23)22(27)20-7-2-3-10-24-20/h2-10,22,27H,11-15H2,1H3.